The molecule has 0 saturated heterocycles. The van der Waals surface area contributed by atoms with E-state index in [4.69, 9.17) is 0 Å². The number of nitrogens with one attached hydrogen (secondary N) is 3. The van der Waals surface area contributed by atoms with Crippen LogP contribution in [0.1, 0.15) is 48.0 Å². The lowest BCUT2D eigenvalue weighted by Crippen LogP contribution is -2.44. The number of nitrogens with zero attached hydrogens (tertiary/aromatic N) is 1. The number of hydrogen-bond donors (Lipinski definition) is 3. The van der Waals surface area contributed by atoms with Crippen LogP contribution < -0.4 is 16.0 Å². The second-order valence-corrected chi connectivity index (χ2v) is 5.39. The molecule has 1 amide bonds. The zero-order valence-corrected chi connectivity index (χ0v) is 16.0. The van der Waals surface area contributed by atoms with Crippen molar-refractivity contribution in [3.8, 4) is 0 Å². The third kappa shape index (κ3) is 8.60. The molecule has 0 radical (unpaired) electrons. The van der Waals surface area contributed by atoms with Crippen molar-refractivity contribution in [1.82, 2.24) is 16.0 Å². The molecule has 1 atom stereocenters. The monoisotopic (exact) mass is 398 g/mol. The van der Waals surface area contributed by atoms with E-state index in [9.17, 15) is 4.79 Å². The molecule has 0 saturated carbocycles. The number of halogens is 1. The van der Waals surface area contributed by atoms with Crippen molar-refractivity contribution >= 4 is 35.8 Å². The molecule has 0 aromatic carbocycles. The van der Waals surface area contributed by atoms with E-state index < -0.39 is 5.41 Å². The van der Waals surface area contributed by atoms with E-state index in [1.54, 1.807) is 0 Å². The summed E-state index contributed by atoms with van der Waals surface area (Å²) in [6, 6.07) is 0.366. The Morgan fingerprint density at radius 1 is 1.15 bits per heavy atom. The van der Waals surface area contributed by atoms with Crippen LogP contribution in [0, 0.1) is 5.41 Å². The van der Waals surface area contributed by atoms with Crippen molar-refractivity contribution in [2.24, 2.45) is 10.4 Å². The molecule has 0 rings (SSSR count). The zero-order chi connectivity index (χ0) is 14.9. The Kier molecular flexibility index (Phi) is 12.1. The highest BCUT2D eigenvalue weighted by Gasteiger charge is 2.26. The maximum atomic E-state index is 11.9. The highest BCUT2D eigenvalue weighted by Crippen LogP contribution is 2.15. The standard InChI is InChI=1S/C14H30N4O.HI/c1-7-11(4)18-13(16-9-3)17-10-14(5,6)12(19)15-8-2;/h11H,7-10H2,1-6H3,(H,15,19)(H2,16,17,18);1H. The van der Waals surface area contributed by atoms with Gasteiger partial charge in [-0.3, -0.25) is 9.79 Å². The topological polar surface area (TPSA) is 65.5 Å². The van der Waals surface area contributed by atoms with E-state index in [1.807, 2.05) is 27.7 Å². The molecule has 1 unspecified atom stereocenters. The molecular formula is C14H31IN4O. The molecule has 0 aliphatic rings. The van der Waals surface area contributed by atoms with Crippen LogP contribution in [-0.2, 0) is 4.79 Å². The van der Waals surface area contributed by atoms with Gasteiger partial charge in [-0.25, -0.2) is 0 Å². The summed E-state index contributed by atoms with van der Waals surface area (Å²) in [4.78, 5) is 16.4. The number of rotatable bonds is 7. The number of carbonyl (C=O) groups is 1. The zero-order valence-electron chi connectivity index (χ0n) is 13.7. The van der Waals surface area contributed by atoms with Gasteiger partial charge in [0, 0.05) is 19.1 Å². The van der Waals surface area contributed by atoms with Crippen molar-refractivity contribution in [3.63, 3.8) is 0 Å². The fourth-order valence-corrected chi connectivity index (χ4v) is 1.40. The van der Waals surface area contributed by atoms with Gasteiger partial charge >= 0.3 is 0 Å². The van der Waals surface area contributed by atoms with Gasteiger partial charge in [0.2, 0.25) is 5.91 Å². The SMILES string of the molecule is CCNC(=O)C(C)(C)CN=C(NCC)NC(C)CC.I. The van der Waals surface area contributed by atoms with Crippen LogP contribution in [0.3, 0.4) is 0 Å². The maximum Gasteiger partial charge on any atom is 0.227 e. The van der Waals surface area contributed by atoms with E-state index in [0.717, 1.165) is 18.9 Å². The van der Waals surface area contributed by atoms with Crippen LogP contribution in [0.5, 0.6) is 0 Å². The number of aliphatic imine (C=N–C) groups is 1. The maximum absolute atomic E-state index is 11.9. The molecule has 0 aliphatic carbocycles. The van der Waals surface area contributed by atoms with E-state index >= 15 is 0 Å². The Morgan fingerprint density at radius 3 is 2.15 bits per heavy atom. The van der Waals surface area contributed by atoms with Crippen LogP contribution in [0.4, 0.5) is 0 Å². The Bertz CT molecular complexity index is 306. The Hall–Kier alpha value is -0.530. The molecule has 20 heavy (non-hydrogen) atoms. The molecule has 0 bridgehead atoms. The first-order valence-electron chi connectivity index (χ1n) is 7.20. The minimum atomic E-state index is -0.492. The molecule has 3 N–H and O–H groups in total. The van der Waals surface area contributed by atoms with Gasteiger partial charge in [0.1, 0.15) is 0 Å². The fraction of sp³-hybridized carbons (Fsp3) is 0.857. The Morgan fingerprint density at radius 2 is 1.70 bits per heavy atom. The van der Waals surface area contributed by atoms with Crippen LogP contribution >= 0.6 is 24.0 Å². The van der Waals surface area contributed by atoms with Gasteiger partial charge in [-0.2, -0.15) is 0 Å². The largest absolute Gasteiger partial charge is 0.357 e. The highest BCUT2D eigenvalue weighted by molar-refractivity contribution is 14.0. The van der Waals surface area contributed by atoms with E-state index in [1.165, 1.54) is 0 Å². The van der Waals surface area contributed by atoms with Crippen molar-refractivity contribution in [1.29, 1.82) is 0 Å². The number of hydrogen-bond acceptors (Lipinski definition) is 2. The summed E-state index contributed by atoms with van der Waals surface area (Å²) < 4.78 is 0. The number of guanidine groups is 1. The van der Waals surface area contributed by atoms with Gasteiger partial charge in [0.05, 0.1) is 12.0 Å². The van der Waals surface area contributed by atoms with Crippen LogP contribution in [0.25, 0.3) is 0 Å². The lowest BCUT2D eigenvalue weighted by Gasteiger charge is -2.22. The second kappa shape index (κ2) is 11.2. The third-order valence-corrected chi connectivity index (χ3v) is 2.92. The molecular weight excluding hydrogens is 367 g/mol. The van der Waals surface area contributed by atoms with Gasteiger partial charge in [-0.1, -0.05) is 6.92 Å². The molecule has 0 aromatic rings. The summed E-state index contributed by atoms with van der Waals surface area (Å²) in [5.74, 6) is 0.812. The average Bonchev–Trinajstić information content (AvgIpc) is 2.36. The molecule has 0 heterocycles. The summed E-state index contributed by atoms with van der Waals surface area (Å²) in [5, 5.41) is 9.36. The quantitative estimate of drug-likeness (QED) is 0.350. The lowest BCUT2D eigenvalue weighted by atomic mass is 9.92. The molecule has 5 nitrogen and oxygen atoms in total. The predicted molar refractivity (Wildman–Crippen MR) is 96.7 cm³/mol. The van der Waals surface area contributed by atoms with E-state index in [-0.39, 0.29) is 29.9 Å². The summed E-state index contributed by atoms with van der Waals surface area (Å²) in [6.45, 7) is 13.9. The summed E-state index contributed by atoms with van der Waals surface area (Å²) in [6.07, 6.45) is 1.03. The molecule has 0 aromatic heterocycles. The Balaban J connectivity index is 0. The second-order valence-electron chi connectivity index (χ2n) is 5.39. The average molecular weight is 398 g/mol. The number of carbonyl (C=O) groups excluding carboxylic acids is 1. The smallest absolute Gasteiger partial charge is 0.227 e. The summed E-state index contributed by atoms with van der Waals surface area (Å²) in [7, 11) is 0. The predicted octanol–water partition coefficient (Wildman–Crippen LogP) is 2.12. The van der Waals surface area contributed by atoms with Crippen molar-refractivity contribution in [3.05, 3.63) is 0 Å². The van der Waals surface area contributed by atoms with Gasteiger partial charge in [0.15, 0.2) is 5.96 Å². The first-order valence-corrected chi connectivity index (χ1v) is 7.20. The van der Waals surface area contributed by atoms with Crippen molar-refractivity contribution in [2.75, 3.05) is 19.6 Å². The molecule has 0 aliphatic heterocycles. The fourth-order valence-electron chi connectivity index (χ4n) is 1.40. The summed E-state index contributed by atoms with van der Waals surface area (Å²) >= 11 is 0. The van der Waals surface area contributed by atoms with Gasteiger partial charge in [-0.05, 0) is 41.0 Å². The third-order valence-electron chi connectivity index (χ3n) is 2.92. The minimum Gasteiger partial charge on any atom is -0.357 e. The first kappa shape index (κ1) is 21.8. The van der Waals surface area contributed by atoms with Crippen LogP contribution in [-0.4, -0.2) is 37.5 Å². The van der Waals surface area contributed by atoms with E-state index in [2.05, 4.69) is 34.8 Å². The Labute approximate surface area is 140 Å². The molecule has 0 spiro atoms. The van der Waals surface area contributed by atoms with Crippen molar-refractivity contribution < 1.29 is 4.79 Å². The normalized spacial score (nSPS) is 13.2. The van der Waals surface area contributed by atoms with Gasteiger partial charge in [0.25, 0.3) is 0 Å². The lowest BCUT2D eigenvalue weighted by molar-refractivity contribution is -0.128. The van der Waals surface area contributed by atoms with Crippen LogP contribution in [0.15, 0.2) is 4.99 Å². The molecule has 0 fully saturated rings. The summed E-state index contributed by atoms with van der Waals surface area (Å²) in [5.41, 5.74) is -0.492. The molecule has 6 heteroatoms. The van der Waals surface area contributed by atoms with Gasteiger partial charge < -0.3 is 16.0 Å². The van der Waals surface area contributed by atoms with Crippen LogP contribution in [0.2, 0.25) is 0 Å². The van der Waals surface area contributed by atoms with E-state index in [0.29, 0.717) is 19.1 Å². The van der Waals surface area contributed by atoms with Crippen molar-refractivity contribution in [2.45, 2.75) is 54.0 Å². The minimum absolute atomic E-state index is 0. The first-order chi connectivity index (χ1) is 8.87. The molecule has 120 valence electrons. The van der Waals surface area contributed by atoms with Gasteiger partial charge in [-0.15, -0.1) is 24.0 Å². The number of amides is 1. The highest BCUT2D eigenvalue weighted by atomic mass is 127.